The van der Waals surface area contributed by atoms with Gasteiger partial charge in [0, 0.05) is 26.6 Å². The number of carbonyl (C=O) groups excluding carboxylic acids is 3. The molecule has 0 spiro atoms. The van der Waals surface area contributed by atoms with Crippen molar-refractivity contribution >= 4 is 17.7 Å². The van der Waals surface area contributed by atoms with Crippen LogP contribution >= 0.6 is 0 Å². The minimum atomic E-state index is -0.366. The Morgan fingerprint density at radius 2 is 2.24 bits per heavy atom. The lowest BCUT2D eigenvalue weighted by atomic mass is 10.1. The summed E-state index contributed by atoms with van der Waals surface area (Å²) in [7, 11) is 1.54. The molecule has 1 saturated heterocycles. The molecule has 1 atom stereocenters. The van der Waals surface area contributed by atoms with Crippen LogP contribution in [0, 0.1) is 5.92 Å². The van der Waals surface area contributed by atoms with E-state index in [9.17, 15) is 14.4 Å². The van der Waals surface area contributed by atoms with E-state index in [1.54, 1.807) is 0 Å². The molecule has 0 bridgehead atoms. The highest BCUT2D eigenvalue weighted by atomic mass is 16.5. The van der Waals surface area contributed by atoms with Gasteiger partial charge in [-0.2, -0.15) is 0 Å². The Balaban J connectivity index is 2.15. The SMILES string of the molecule is COCCNC(=O)CNC(=O)C1CNC(=O)C1. The van der Waals surface area contributed by atoms with Gasteiger partial charge in [-0.25, -0.2) is 0 Å². The molecule has 17 heavy (non-hydrogen) atoms. The van der Waals surface area contributed by atoms with Crippen LogP contribution in [0.5, 0.6) is 0 Å². The van der Waals surface area contributed by atoms with E-state index >= 15 is 0 Å². The second-order valence-corrected chi connectivity index (χ2v) is 3.77. The van der Waals surface area contributed by atoms with Gasteiger partial charge in [0.15, 0.2) is 0 Å². The largest absolute Gasteiger partial charge is 0.383 e. The lowest BCUT2D eigenvalue weighted by Gasteiger charge is -2.09. The molecule has 1 fully saturated rings. The van der Waals surface area contributed by atoms with Crippen LogP contribution in [0.1, 0.15) is 6.42 Å². The van der Waals surface area contributed by atoms with Crippen molar-refractivity contribution < 1.29 is 19.1 Å². The van der Waals surface area contributed by atoms with Crippen LogP contribution in [0.25, 0.3) is 0 Å². The standard InChI is InChI=1S/C10H17N3O4/c1-17-3-2-11-9(15)6-13-10(16)7-4-8(14)12-5-7/h7H,2-6H2,1H3,(H,11,15)(H,12,14)(H,13,16). The van der Waals surface area contributed by atoms with Crippen LogP contribution in [0.3, 0.4) is 0 Å². The number of rotatable bonds is 6. The summed E-state index contributed by atoms with van der Waals surface area (Å²) in [5.41, 5.74) is 0. The Bertz CT molecular complexity index is 306. The fourth-order valence-corrected chi connectivity index (χ4v) is 1.46. The molecule has 1 heterocycles. The predicted octanol–water partition coefficient (Wildman–Crippen LogP) is -2.00. The third-order valence-electron chi connectivity index (χ3n) is 2.40. The van der Waals surface area contributed by atoms with Crippen molar-refractivity contribution in [3.63, 3.8) is 0 Å². The third kappa shape index (κ3) is 4.81. The molecular formula is C10H17N3O4. The van der Waals surface area contributed by atoms with E-state index in [0.717, 1.165) is 0 Å². The van der Waals surface area contributed by atoms with E-state index in [1.165, 1.54) is 7.11 Å². The smallest absolute Gasteiger partial charge is 0.239 e. The van der Waals surface area contributed by atoms with Gasteiger partial charge in [0.05, 0.1) is 19.1 Å². The van der Waals surface area contributed by atoms with Crippen LogP contribution in [0.15, 0.2) is 0 Å². The molecule has 7 nitrogen and oxygen atoms in total. The summed E-state index contributed by atoms with van der Waals surface area (Å²) in [6, 6.07) is 0. The minimum Gasteiger partial charge on any atom is -0.383 e. The Morgan fingerprint density at radius 1 is 1.47 bits per heavy atom. The molecule has 0 aliphatic carbocycles. The number of nitrogens with one attached hydrogen (secondary N) is 3. The summed E-state index contributed by atoms with van der Waals surface area (Å²) in [6.45, 7) is 1.11. The van der Waals surface area contributed by atoms with Crippen LogP contribution in [0.2, 0.25) is 0 Å². The van der Waals surface area contributed by atoms with Gasteiger partial charge in [-0.15, -0.1) is 0 Å². The lowest BCUT2D eigenvalue weighted by Crippen LogP contribution is -2.40. The summed E-state index contributed by atoms with van der Waals surface area (Å²) in [4.78, 5) is 33.6. The van der Waals surface area contributed by atoms with E-state index in [1.807, 2.05) is 0 Å². The Labute approximate surface area is 99.3 Å². The highest BCUT2D eigenvalue weighted by Crippen LogP contribution is 2.07. The van der Waals surface area contributed by atoms with Crippen molar-refractivity contribution in [3.8, 4) is 0 Å². The van der Waals surface area contributed by atoms with Gasteiger partial charge < -0.3 is 20.7 Å². The lowest BCUT2D eigenvalue weighted by molar-refractivity contribution is -0.129. The minimum absolute atomic E-state index is 0.0762. The zero-order chi connectivity index (χ0) is 12.7. The number of amides is 3. The van der Waals surface area contributed by atoms with Crippen molar-refractivity contribution in [2.45, 2.75) is 6.42 Å². The quantitative estimate of drug-likeness (QED) is 0.470. The highest BCUT2D eigenvalue weighted by Gasteiger charge is 2.27. The molecule has 1 aliphatic rings. The maximum atomic E-state index is 11.5. The van der Waals surface area contributed by atoms with E-state index in [-0.39, 0.29) is 36.6 Å². The molecule has 7 heteroatoms. The van der Waals surface area contributed by atoms with Gasteiger partial charge in [0.2, 0.25) is 17.7 Å². The molecule has 1 unspecified atom stereocenters. The summed E-state index contributed by atoms with van der Waals surface area (Å²) >= 11 is 0. The topological polar surface area (TPSA) is 96.5 Å². The van der Waals surface area contributed by atoms with Gasteiger partial charge in [-0.1, -0.05) is 0 Å². The Kier molecular flexibility index (Phi) is 5.41. The Morgan fingerprint density at radius 3 is 2.82 bits per heavy atom. The molecule has 3 amide bonds. The molecule has 3 N–H and O–H groups in total. The van der Waals surface area contributed by atoms with Crippen molar-refractivity contribution in [2.75, 3.05) is 33.4 Å². The average molecular weight is 243 g/mol. The fraction of sp³-hybridized carbons (Fsp3) is 0.700. The van der Waals surface area contributed by atoms with Gasteiger partial charge >= 0.3 is 0 Å². The van der Waals surface area contributed by atoms with E-state index in [0.29, 0.717) is 19.7 Å². The maximum Gasteiger partial charge on any atom is 0.239 e. The molecular weight excluding hydrogens is 226 g/mol. The van der Waals surface area contributed by atoms with Crippen LogP contribution in [-0.4, -0.2) is 51.1 Å². The molecule has 0 aromatic carbocycles. The maximum absolute atomic E-state index is 11.5. The van der Waals surface area contributed by atoms with Crippen LogP contribution < -0.4 is 16.0 Å². The van der Waals surface area contributed by atoms with Gasteiger partial charge in [0.1, 0.15) is 0 Å². The predicted molar refractivity (Wildman–Crippen MR) is 59.0 cm³/mol. The second-order valence-electron chi connectivity index (χ2n) is 3.77. The Hall–Kier alpha value is -1.63. The van der Waals surface area contributed by atoms with Crippen LogP contribution in [0.4, 0.5) is 0 Å². The zero-order valence-electron chi connectivity index (χ0n) is 9.75. The summed E-state index contributed by atoms with van der Waals surface area (Å²) in [5, 5.41) is 7.63. The highest BCUT2D eigenvalue weighted by molar-refractivity contribution is 5.91. The third-order valence-corrected chi connectivity index (χ3v) is 2.40. The second kappa shape index (κ2) is 6.85. The first-order valence-electron chi connectivity index (χ1n) is 5.43. The van der Waals surface area contributed by atoms with Crippen molar-refractivity contribution in [3.05, 3.63) is 0 Å². The number of carbonyl (C=O) groups is 3. The first-order valence-corrected chi connectivity index (χ1v) is 5.43. The van der Waals surface area contributed by atoms with E-state index in [2.05, 4.69) is 16.0 Å². The number of methoxy groups -OCH3 is 1. The normalized spacial score (nSPS) is 18.6. The molecule has 0 radical (unpaired) electrons. The van der Waals surface area contributed by atoms with E-state index < -0.39 is 0 Å². The molecule has 96 valence electrons. The number of hydrogen-bond acceptors (Lipinski definition) is 4. The van der Waals surface area contributed by atoms with Crippen molar-refractivity contribution in [1.82, 2.24) is 16.0 Å². The van der Waals surface area contributed by atoms with Gasteiger partial charge in [-0.3, -0.25) is 14.4 Å². The van der Waals surface area contributed by atoms with Gasteiger partial charge in [0.25, 0.3) is 0 Å². The zero-order valence-corrected chi connectivity index (χ0v) is 9.75. The monoisotopic (exact) mass is 243 g/mol. The summed E-state index contributed by atoms with van der Waals surface area (Å²) < 4.78 is 4.76. The van der Waals surface area contributed by atoms with Crippen molar-refractivity contribution in [1.29, 1.82) is 0 Å². The fourth-order valence-electron chi connectivity index (χ4n) is 1.46. The molecule has 1 rings (SSSR count). The average Bonchev–Trinajstić information content (AvgIpc) is 2.73. The van der Waals surface area contributed by atoms with Crippen molar-refractivity contribution in [2.24, 2.45) is 5.92 Å². The van der Waals surface area contributed by atoms with E-state index in [4.69, 9.17) is 4.74 Å². The first-order chi connectivity index (χ1) is 8.13. The summed E-state index contributed by atoms with van der Waals surface area (Å²) in [5.74, 6) is -1.04. The van der Waals surface area contributed by atoms with Gasteiger partial charge in [-0.05, 0) is 0 Å². The number of hydrogen-bond donors (Lipinski definition) is 3. The number of ether oxygens (including phenoxy) is 1. The molecule has 0 aromatic rings. The first kappa shape index (κ1) is 13.4. The summed E-state index contributed by atoms with van der Waals surface area (Å²) in [6.07, 6.45) is 0.192. The molecule has 1 aliphatic heterocycles. The van der Waals surface area contributed by atoms with Crippen LogP contribution in [-0.2, 0) is 19.1 Å². The molecule has 0 saturated carbocycles. The molecule has 0 aromatic heterocycles.